The summed E-state index contributed by atoms with van der Waals surface area (Å²) in [4.78, 5) is 14.2. The first kappa shape index (κ1) is 12.9. The Hall–Kier alpha value is -0.570. The summed E-state index contributed by atoms with van der Waals surface area (Å²) < 4.78 is 0. The van der Waals surface area contributed by atoms with Crippen LogP contribution < -0.4 is 5.32 Å². The molecule has 0 radical (unpaired) electrons. The second-order valence-corrected chi connectivity index (χ2v) is 6.24. The molecule has 0 aliphatic heterocycles. The second-order valence-electron chi connectivity index (χ2n) is 6.24. The van der Waals surface area contributed by atoms with Gasteiger partial charge >= 0.3 is 0 Å². The molecule has 17 heavy (non-hydrogen) atoms. The van der Waals surface area contributed by atoms with Gasteiger partial charge in [0.1, 0.15) is 0 Å². The largest absolute Gasteiger partial charge is 0.353 e. The third-order valence-electron chi connectivity index (χ3n) is 4.28. The van der Waals surface area contributed by atoms with E-state index in [1.54, 1.807) is 0 Å². The minimum Gasteiger partial charge on any atom is -0.353 e. The van der Waals surface area contributed by atoms with Gasteiger partial charge in [0.2, 0.25) is 5.91 Å². The van der Waals surface area contributed by atoms with Crippen LogP contribution >= 0.6 is 0 Å². The van der Waals surface area contributed by atoms with E-state index in [2.05, 4.69) is 31.2 Å². The molecule has 0 aromatic heterocycles. The summed E-state index contributed by atoms with van der Waals surface area (Å²) in [6, 6.07) is 0.423. The van der Waals surface area contributed by atoms with E-state index in [-0.39, 0.29) is 0 Å². The summed E-state index contributed by atoms with van der Waals surface area (Å²) in [6.45, 7) is 3.27. The summed E-state index contributed by atoms with van der Waals surface area (Å²) in [5.41, 5.74) is 0. The number of hydrogen-bond donors (Lipinski definition) is 1. The van der Waals surface area contributed by atoms with Crippen LogP contribution in [0.25, 0.3) is 0 Å². The molecule has 2 aliphatic carbocycles. The molecule has 2 fully saturated rings. The molecule has 3 nitrogen and oxygen atoms in total. The lowest BCUT2D eigenvalue weighted by Crippen LogP contribution is -2.46. The molecule has 0 heterocycles. The van der Waals surface area contributed by atoms with Crippen LogP contribution in [0.4, 0.5) is 0 Å². The Balaban J connectivity index is 1.85. The van der Waals surface area contributed by atoms with Crippen molar-refractivity contribution in [2.45, 2.75) is 45.1 Å². The van der Waals surface area contributed by atoms with Gasteiger partial charge < -0.3 is 10.2 Å². The van der Waals surface area contributed by atoms with Crippen LogP contribution in [0.5, 0.6) is 0 Å². The minimum atomic E-state index is 0.313. The molecule has 2 aliphatic rings. The molecule has 98 valence electrons. The zero-order valence-corrected chi connectivity index (χ0v) is 11.4. The van der Waals surface area contributed by atoms with Crippen LogP contribution in [0.3, 0.4) is 0 Å². The maximum absolute atomic E-state index is 12.0. The Kier molecular flexibility index (Phi) is 4.08. The average molecular weight is 238 g/mol. The monoisotopic (exact) mass is 238 g/mol. The Morgan fingerprint density at radius 2 is 1.94 bits per heavy atom. The predicted molar refractivity (Wildman–Crippen MR) is 69.7 cm³/mol. The van der Waals surface area contributed by atoms with E-state index in [4.69, 9.17) is 0 Å². The van der Waals surface area contributed by atoms with Gasteiger partial charge in [-0.25, -0.2) is 0 Å². The second kappa shape index (κ2) is 5.38. The fraction of sp³-hybridized carbons (Fsp3) is 0.929. The fourth-order valence-electron chi connectivity index (χ4n) is 3.06. The summed E-state index contributed by atoms with van der Waals surface area (Å²) in [6.07, 6.45) is 6.13. The van der Waals surface area contributed by atoms with Crippen molar-refractivity contribution in [3.05, 3.63) is 0 Å². The number of nitrogens with one attached hydrogen (secondary N) is 1. The van der Waals surface area contributed by atoms with Crippen molar-refractivity contribution >= 4 is 5.91 Å². The van der Waals surface area contributed by atoms with Gasteiger partial charge in [-0.15, -0.1) is 0 Å². The third kappa shape index (κ3) is 3.44. The topological polar surface area (TPSA) is 32.3 Å². The first-order chi connectivity index (χ1) is 8.08. The molecule has 0 bridgehead atoms. The van der Waals surface area contributed by atoms with E-state index < -0.39 is 0 Å². The van der Waals surface area contributed by atoms with E-state index in [1.165, 1.54) is 25.7 Å². The average Bonchev–Trinajstić information content (AvgIpc) is 2.98. The van der Waals surface area contributed by atoms with Gasteiger partial charge in [-0.2, -0.15) is 0 Å². The molecule has 1 amide bonds. The number of rotatable bonds is 4. The highest BCUT2D eigenvalue weighted by molar-refractivity contribution is 5.81. The predicted octanol–water partition coefficient (Wildman–Crippen LogP) is 1.88. The van der Waals surface area contributed by atoms with Gasteiger partial charge in [-0.05, 0) is 45.2 Å². The zero-order valence-electron chi connectivity index (χ0n) is 11.4. The maximum atomic E-state index is 12.0. The molecule has 4 unspecified atom stereocenters. The van der Waals surface area contributed by atoms with Crippen molar-refractivity contribution in [1.82, 2.24) is 10.2 Å². The fourth-order valence-corrected chi connectivity index (χ4v) is 3.06. The van der Waals surface area contributed by atoms with Gasteiger partial charge in [0.15, 0.2) is 0 Å². The van der Waals surface area contributed by atoms with E-state index in [0.717, 1.165) is 13.0 Å². The van der Waals surface area contributed by atoms with Crippen LogP contribution in [-0.2, 0) is 4.79 Å². The smallest absolute Gasteiger partial charge is 0.223 e. The van der Waals surface area contributed by atoms with Gasteiger partial charge in [-0.1, -0.05) is 19.8 Å². The molecule has 0 aromatic carbocycles. The van der Waals surface area contributed by atoms with Gasteiger partial charge in [0.05, 0.1) is 0 Å². The Morgan fingerprint density at radius 1 is 1.29 bits per heavy atom. The standard InChI is InChI=1S/C14H26N2O/c1-10-8-12(10)14(17)15-13-7-5-4-6-11(13)9-16(2)3/h10-13H,4-9H2,1-3H3,(H,15,17). The van der Waals surface area contributed by atoms with Crippen molar-refractivity contribution in [3.63, 3.8) is 0 Å². The molecule has 0 saturated heterocycles. The van der Waals surface area contributed by atoms with Crippen molar-refractivity contribution < 1.29 is 4.79 Å². The SMILES string of the molecule is CC1CC1C(=O)NC1CCCCC1CN(C)C. The summed E-state index contributed by atoms with van der Waals surface area (Å²) >= 11 is 0. The molecular formula is C14H26N2O. The van der Waals surface area contributed by atoms with Crippen molar-refractivity contribution in [2.24, 2.45) is 17.8 Å². The van der Waals surface area contributed by atoms with E-state index in [0.29, 0.717) is 29.7 Å². The lowest BCUT2D eigenvalue weighted by atomic mass is 9.84. The van der Waals surface area contributed by atoms with Crippen molar-refractivity contribution in [3.8, 4) is 0 Å². The molecule has 0 spiro atoms. The van der Waals surface area contributed by atoms with E-state index in [9.17, 15) is 4.79 Å². The van der Waals surface area contributed by atoms with Crippen LogP contribution in [0.1, 0.15) is 39.0 Å². The van der Waals surface area contributed by atoms with Gasteiger partial charge in [-0.3, -0.25) is 4.79 Å². The highest BCUT2D eigenvalue weighted by Crippen LogP contribution is 2.38. The normalized spacial score (nSPS) is 36.9. The maximum Gasteiger partial charge on any atom is 0.223 e. The molecule has 2 rings (SSSR count). The van der Waals surface area contributed by atoms with Crippen molar-refractivity contribution in [2.75, 3.05) is 20.6 Å². The Labute approximate surface area is 105 Å². The molecule has 3 heteroatoms. The minimum absolute atomic E-state index is 0.313. The summed E-state index contributed by atoms with van der Waals surface area (Å²) in [7, 11) is 4.24. The first-order valence-electron chi connectivity index (χ1n) is 7.03. The number of nitrogens with zero attached hydrogens (tertiary/aromatic N) is 1. The molecule has 0 aromatic rings. The van der Waals surface area contributed by atoms with E-state index >= 15 is 0 Å². The summed E-state index contributed by atoms with van der Waals surface area (Å²) in [5.74, 6) is 1.90. The van der Waals surface area contributed by atoms with Crippen LogP contribution in [0.2, 0.25) is 0 Å². The van der Waals surface area contributed by atoms with Crippen molar-refractivity contribution in [1.29, 1.82) is 0 Å². The van der Waals surface area contributed by atoms with E-state index in [1.807, 2.05) is 0 Å². The highest BCUT2D eigenvalue weighted by Gasteiger charge is 2.40. The van der Waals surface area contributed by atoms with Crippen LogP contribution in [0.15, 0.2) is 0 Å². The number of carbonyl (C=O) groups excluding carboxylic acids is 1. The number of hydrogen-bond acceptors (Lipinski definition) is 2. The quantitative estimate of drug-likeness (QED) is 0.811. The third-order valence-corrected chi connectivity index (χ3v) is 4.28. The van der Waals surface area contributed by atoms with Crippen LogP contribution in [-0.4, -0.2) is 37.5 Å². The first-order valence-corrected chi connectivity index (χ1v) is 7.03. The molecule has 4 atom stereocenters. The lowest BCUT2D eigenvalue weighted by Gasteiger charge is -2.34. The zero-order chi connectivity index (χ0) is 12.4. The summed E-state index contributed by atoms with van der Waals surface area (Å²) in [5, 5.41) is 3.30. The van der Waals surface area contributed by atoms with Gasteiger partial charge in [0.25, 0.3) is 0 Å². The van der Waals surface area contributed by atoms with Crippen LogP contribution in [0, 0.1) is 17.8 Å². The number of carbonyl (C=O) groups is 1. The highest BCUT2D eigenvalue weighted by atomic mass is 16.2. The van der Waals surface area contributed by atoms with Gasteiger partial charge in [0, 0.05) is 18.5 Å². The Bertz CT molecular complexity index is 277. The molecule has 1 N–H and O–H groups in total. The number of amides is 1. The lowest BCUT2D eigenvalue weighted by molar-refractivity contribution is -0.124. The Morgan fingerprint density at radius 3 is 2.53 bits per heavy atom. The molecular weight excluding hydrogens is 212 g/mol. The molecule has 2 saturated carbocycles.